The summed E-state index contributed by atoms with van der Waals surface area (Å²) in [5.74, 6) is -2.31. The van der Waals surface area contributed by atoms with E-state index in [0.717, 1.165) is 5.56 Å². The minimum Gasteiger partial charge on any atom is -0.480 e. The van der Waals surface area contributed by atoms with E-state index in [4.69, 9.17) is 4.74 Å². The molecule has 0 aliphatic rings. The van der Waals surface area contributed by atoms with Crippen molar-refractivity contribution < 1.29 is 24.2 Å². The number of aromatic nitrogens is 1. The normalized spacial score (nSPS) is 12.6. The van der Waals surface area contributed by atoms with E-state index in [1.165, 1.54) is 19.5 Å². The molecule has 8 nitrogen and oxygen atoms in total. The van der Waals surface area contributed by atoms with Gasteiger partial charge in [0.05, 0.1) is 12.2 Å². The van der Waals surface area contributed by atoms with Crippen LogP contribution in [0.15, 0.2) is 54.9 Å². The van der Waals surface area contributed by atoms with Crippen LogP contribution >= 0.6 is 0 Å². The van der Waals surface area contributed by atoms with Crippen LogP contribution in [0.25, 0.3) is 0 Å². The molecule has 0 radical (unpaired) electrons. The third-order valence-electron chi connectivity index (χ3n) is 3.78. The number of hydrogen-bond donors (Lipinski definition) is 3. The number of carbonyl (C=O) groups excluding carboxylic acids is 2. The summed E-state index contributed by atoms with van der Waals surface area (Å²) in [4.78, 5) is 40.2. The van der Waals surface area contributed by atoms with Crippen LogP contribution in [0.1, 0.15) is 15.9 Å². The predicted molar refractivity (Wildman–Crippen MR) is 97.1 cm³/mol. The lowest BCUT2D eigenvalue weighted by Crippen LogP contribution is -2.53. The van der Waals surface area contributed by atoms with Crippen LogP contribution in [0.2, 0.25) is 0 Å². The molecule has 2 amide bonds. The van der Waals surface area contributed by atoms with Gasteiger partial charge in [0.2, 0.25) is 5.91 Å². The summed E-state index contributed by atoms with van der Waals surface area (Å²) < 4.78 is 4.82. The fraction of sp³-hybridized carbons (Fsp3) is 0.263. The molecule has 2 unspecified atom stereocenters. The number of ether oxygens (including phenoxy) is 1. The molecule has 142 valence electrons. The number of carbonyl (C=O) groups is 3. The van der Waals surface area contributed by atoms with Crippen LogP contribution in [0.5, 0.6) is 0 Å². The van der Waals surface area contributed by atoms with Crippen molar-refractivity contribution >= 4 is 17.8 Å². The number of nitrogens with one attached hydrogen (secondary N) is 2. The largest absolute Gasteiger partial charge is 0.480 e. The van der Waals surface area contributed by atoms with Crippen molar-refractivity contribution in [3.63, 3.8) is 0 Å². The second-order valence-electron chi connectivity index (χ2n) is 5.81. The van der Waals surface area contributed by atoms with Gasteiger partial charge in [-0.15, -0.1) is 0 Å². The Bertz CT molecular complexity index is 767. The van der Waals surface area contributed by atoms with Crippen LogP contribution in [0.4, 0.5) is 0 Å². The number of amides is 2. The molecule has 1 aromatic carbocycles. The van der Waals surface area contributed by atoms with Crippen molar-refractivity contribution in [2.24, 2.45) is 0 Å². The molecule has 27 heavy (non-hydrogen) atoms. The van der Waals surface area contributed by atoms with E-state index < -0.39 is 29.9 Å². The summed E-state index contributed by atoms with van der Waals surface area (Å²) >= 11 is 0. The zero-order valence-electron chi connectivity index (χ0n) is 14.8. The van der Waals surface area contributed by atoms with E-state index in [0.29, 0.717) is 5.56 Å². The first-order valence-electron chi connectivity index (χ1n) is 8.28. The fourth-order valence-electron chi connectivity index (χ4n) is 2.41. The lowest BCUT2D eigenvalue weighted by Gasteiger charge is -2.21. The highest BCUT2D eigenvalue weighted by atomic mass is 16.5. The Kier molecular flexibility index (Phi) is 7.45. The molecule has 1 aromatic heterocycles. The van der Waals surface area contributed by atoms with Gasteiger partial charge in [0.15, 0.2) is 6.04 Å². The summed E-state index contributed by atoms with van der Waals surface area (Å²) in [5, 5.41) is 14.2. The van der Waals surface area contributed by atoms with Crippen molar-refractivity contribution in [3.8, 4) is 0 Å². The van der Waals surface area contributed by atoms with Gasteiger partial charge in [-0.1, -0.05) is 30.3 Å². The Balaban J connectivity index is 2.16. The number of pyridine rings is 1. The molecular formula is C19H21N3O5. The van der Waals surface area contributed by atoms with E-state index in [1.807, 2.05) is 30.3 Å². The van der Waals surface area contributed by atoms with E-state index in [1.54, 1.807) is 12.1 Å². The summed E-state index contributed by atoms with van der Waals surface area (Å²) in [7, 11) is 1.34. The first-order chi connectivity index (χ1) is 13.0. The van der Waals surface area contributed by atoms with E-state index in [-0.39, 0.29) is 13.0 Å². The number of nitrogens with zero attached hydrogens (tertiary/aromatic N) is 1. The molecule has 0 bridgehead atoms. The summed E-state index contributed by atoms with van der Waals surface area (Å²) in [6, 6.07) is 10.1. The Labute approximate surface area is 156 Å². The van der Waals surface area contributed by atoms with Gasteiger partial charge in [-0.05, 0) is 17.7 Å². The lowest BCUT2D eigenvalue weighted by molar-refractivity contribution is -0.143. The molecule has 0 aliphatic carbocycles. The maximum absolute atomic E-state index is 12.6. The third-order valence-corrected chi connectivity index (χ3v) is 3.78. The number of hydrogen-bond acceptors (Lipinski definition) is 5. The van der Waals surface area contributed by atoms with Gasteiger partial charge in [-0.3, -0.25) is 14.6 Å². The monoisotopic (exact) mass is 371 g/mol. The SMILES string of the molecule is COCC(NC(=O)C(Cc1ccccc1)NC(=O)c1cccnc1)C(=O)O. The van der Waals surface area contributed by atoms with Gasteiger partial charge in [-0.25, -0.2) is 4.79 Å². The van der Waals surface area contributed by atoms with Crippen LogP contribution in [0.3, 0.4) is 0 Å². The molecular weight excluding hydrogens is 350 g/mol. The fourth-order valence-corrected chi connectivity index (χ4v) is 2.41. The number of methoxy groups -OCH3 is 1. The third kappa shape index (κ3) is 6.19. The molecule has 0 spiro atoms. The Morgan fingerprint density at radius 2 is 1.81 bits per heavy atom. The molecule has 2 aromatic rings. The average Bonchev–Trinajstić information content (AvgIpc) is 2.68. The molecule has 0 saturated carbocycles. The summed E-state index contributed by atoms with van der Waals surface area (Å²) in [5.41, 5.74) is 1.12. The van der Waals surface area contributed by atoms with Crippen molar-refractivity contribution in [2.45, 2.75) is 18.5 Å². The lowest BCUT2D eigenvalue weighted by atomic mass is 10.0. The zero-order valence-corrected chi connectivity index (χ0v) is 14.8. The number of carboxylic acid groups (broad SMARTS) is 1. The van der Waals surface area contributed by atoms with Crippen LogP contribution in [-0.2, 0) is 20.7 Å². The van der Waals surface area contributed by atoms with E-state index in [2.05, 4.69) is 15.6 Å². The van der Waals surface area contributed by atoms with Crippen molar-refractivity contribution in [1.82, 2.24) is 15.6 Å². The Hall–Kier alpha value is -3.26. The first kappa shape index (κ1) is 20.1. The highest BCUT2D eigenvalue weighted by Gasteiger charge is 2.27. The minimum atomic E-state index is -1.22. The number of carboxylic acids is 1. The zero-order chi connectivity index (χ0) is 19.6. The molecule has 0 fully saturated rings. The molecule has 1 heterocycles. The van der Waals surface area contributed by atoms with Crippen LogP contribution in [-0.4, -0.2) is 53.7 Å². The van der Waals surface area contributed by atoms with Gasteiger partial charge in [0.1, 0.15) is 6.04 Å². The number of rotatable bonds is 9. The molecule has 0 aliphatic heterocycles. The molecule has 2 rings (SSSR count). The summed E-state index contributed by atoms with van der Waals surface area (Å²) in [6.45, 7) is -0.185. The van der Waals surface area contributed by atoms with Gasteiger partial charge in [0, 0.05) is 25.9 Å². The highest BCUT2D eigenvalue weighted by molar-refractivity contribution is 5.98. The number of aliphatic carboxylic acids is 1. The quantitative estimate of drug-likeness (QED) is 0.595. The van der Waals surface area contributed by atoms with Crippen molar-refractivity contribution in [2.75, 3.05) is 13.7 Å². The number of benzene rings is 1. The van der Waals surface area contributed by atoms with Gasteiger partial charge in [0.25, 0.3) is 5.91 Å². The van der Waals surface area contributed by atoms with Gasteiger partial charge < -0.3 is 20.5 Å². The smallest absolute Gasteiger partial charge is 0.328 e. The summed E-state index contributed by atoms with van der Waals surface area (Å²) in [6.07, 6.45) is 3.13. The second-order valence-corrected chi connectivity index (χ2v) is 5.81. The predicted octanol–water partition coefficient (Wildman–Crippen LogP) is 0.638. The van der Waals surface area contributed by atoms with Crippen molar-refractivity contribution in [1.29, 1.82) is 0 Å². The average molecular weight is 371 g/mol. The van der Waals surface area contributed by atoms with Gasteiger partial charge in [-0.2, -0.15) is 0 Å². The highest BCUT2D eigenvalue weighted by Crippen LogP contribution is 2.06. The molecule has 2 atom stereocenters. The van der Waals surface area contributed by atoms with E-state index >= 15 is 0 Å². The second kappa shape index (κ2) is 10.0. The van der Waals surface area contributed by atoms with Gasteiger partial charge >= 0.3 is 5.97 Å². The maximum Gasteiger partial charge on any atom is 0.328 e. The van der Waals surface area contributed by atoms with E-state index in [9.17, 15) is 19.5 Å². The van der Waals surface area contributed by atoms with Crippen LogP contribution in [0, 0.1) is 0 Å². The van der Waals surface area contributed by atoms with Crippen molar-refractivity contribution in [3.05, 3.63) is 66.0 Å². The molecule has 3 N–H and O–H groups in total. The molecule has 8 heteroatoms. The molecule has 0 saturated heterocycles. The standard InChI is InChI=1S/C19H21N3O5/c1-27-12-16(19(25)26)22-18(24)15(10-13-6-3-2-4-7-13)21-17(23)14-8-5-9-20-11-14/h2-9,11,15-16H,10,12H2,1H3,(H,21,23)(H,22,24)(H,25,26). The first-order valence-corrected chi connectivity index (χ1v) is 8.28. The Morgan fingerprint density at radius 1 is 1.07 bits per heavy atom. The topological polar surface area (TPSA) is 118 Å². The Morgan fingerprint density at radius 3 is 2.41 bits per heavy atom. The maximum atomic E-state index is 12.6. The van der Waals surface area contributed by atoms with Crippen LogP contribution < -0.4 is 10.6 Å². The minimum absolute atomic E-state index is 0.185.